The Kier molecular flexibility index (Phi) is 5.59. The number of furan rings is 1. The van der Waals surface area contributed by atoms with Gasteiger partial charge in [-0.05, 0) is 54.6 Å². The minimum atomic E-state index is -1.37. The number of carboxylic acids is 1. The normalized spacial score (nSPS) is 10.9. The van der Waals surface area contributed by atoms with Crippen molar-refractivity contribution < 1.29 is 19.1 Å². The van der Waals surface area contributed by atoms with Gasteiger partial charge in [0.2, 0.25) is 0 Å². The molecule has 3 rings (SSSR count). The molecule has 2 aromatic carbocycles. The fourth-order valence-corrected chi connectivity index (χ4v) is 2.55. The lowest BCUT2D eigenvalue weighted by Gasteiger charge is -2.06. The number of carbonyl (C=O) groups excluding carboxylic acids is 2. The molecule has 0 bridgehead atoms. The van der Waals surface area contributed by atoms with Crippen molar-refractivity contribution in [2.75, 3.05) is 0 Å². The van der Waals surface area contributed by atoms with Crippen LogP contribution in [0, 0.1) is 0 Å². The Morgan fingerprint density at radius 2 is 1.78 bits per heavy atom. The van der Waals surface area contributed by atoms with E-state index in [1.165, 1.54) is 18.3 Å². The average Bonchev–Trinajstić information content (AvgIpc) is 3.11. The SMILES string of the molecule is O=C(N/N=C\c1ccc(-c2ccc(Cl)c(C(=O)[O-])c2)o1)c1ccc(Cl)cc1. The van der Waals surface area contributed by atoms with E-state index in [4.69, 9.17) is 27.6 Å². The van der Waals surface area contributed by atoms with Gasteiger partial charge in [0.25, 0.3) is 5.91 Å². The molecular formula is C19H11Cl2N2O4-. The van der Waals surface area contributed by atoms with Gasteiger partial charge in [-0.1, -0.05) is 23.2 Å². The molecule has 0 aliphatic carbocycles. The highest BCUT2D eigenvalue weighted by Crippen LogP contribution is 2.26. The zero-order valence-corrected chi connectivity index (χ0v) is 15.1. The zero-order valence-electron chi connectivity index (χ0n) is 13.6. The summed E-state index contributed by atoms with van der Waals surface area (Å²) in [6.45, 7) is 0. The second-order valence-electron chi connectivity index (χ2n) is 5.39. The van der Waals surface area contributed by atoms with Crippen LogP contribution in [0.5, 0.6) is 0 Å². The molecular weight excluding hydrogens is 391 g/mol. The van der Waals surface area contributed by atoms with E-state index in [9.17, 15) is 14.7 Å². The van der Waals surface area contributed by atoms with Crippen LogP contribution in [0.15, 0.2) is 64.1 Å². The Hall–Kier alpha value is -3.09. The maximum atomic E-state index is 11.9. The number of hydrogen-bond donors (Lipinski definition) is 1. The molecule has 8 heteroatoms. The van der Waals surface area contributed by atoms with E-state index in [2.05, 4.69) is 10.5 Å². The molecule has 3 aromatic rings. The van der Waals surface area contributed by atoms with Crippen molar-refractivity contribution in [3.05, 3.63) is 81.5 Å². The summed E-state index contributed by atoms with van der Waals surface area (Å²) in [5, 5.41) is 15.5. The molecule has 1 N–H and O–H groups in total. The fraction of sp³-hybridized carbons (Fsp3) is 0. The van der Waals surface area contributed by atoms with Crippen LogP contribution in [-0.4, -0.2) is 18.1 Å². The number of carboxylic acid groups (broad SMARTS) is 1. The number of carbonyl (C=O) groups is 2. The van der Waals surface area contributed by atoms with Crippen molar-refractivity contribution >= 4 is 41.3 Å². The van der Waals surface area contributed by atoms with Crippen molar-refractivity contribution in [3.8, 4) is 11.3 Å². The monoisotopic (exact) mass is 401 g/mol. The Morgan fingerprint density at radius 3 is 2.48 bits per heavy atom. The van der Waals surface area contributed by atoms with Crippen molar-refractivity contribution in [3.63, 3.8) is 0 Å². The Balaban J connectivity index is 1.70. The fourth-order valence-electron chi connectivity index (χ4n) is 2.23. The lowest BCUT2D eigenvalue weighted by molar-refractivity contribution is -0.255. The number of benzene rings is 2. The molecule has 0 saturated heterocycles. The first-order chi connectivity index (χ1) is 12.9. The Morgan fingerprint density at radius 1 is 1.04 bits per heavy atom. The molecule has 1 aromatic heterocycles. The Bertz CT molecular complexity index is 1030. The molecule has 6 nitrogen and oxygen atoms in total. The summed E-state index contributed by atoms with van der Waals surface area (Å²) in [6, 6.07) is 14.1. The van der Waals surface area contributed by atoms with Crippen LogP contribution in [0.1, 0.15) is 26.5 Å². The number of hydrazone groups is 1. The number of amides is 1. The summed E-state index contributed by atoms with van der Waals surface area (Å²) >= 11 is 11.6. The highest BCUT2D eigenvalue weighted by Gasteiger charge is 2.08. The van der Waals surface area contributed by atoms with E-state index in [-0.39, 0.29) is 10.6 Å². The van der Waals surface area contributed by atoms with Gasteiger partial charge in [0.15, 0.2) is 0 Å². The second kappa shape index (κ2) is 8.07. The van der Waals surface area contributed by atoms with E-state index in [0.29, 0.717) is 27.7 Å². The lowest BCUT2D eigenvalue weighted by Crippen LogP contribution is -2.22. The predicted octanol–water partition coefficient (Wildman–Crippen LogP) is 3.38. The molecule has 1 heterocycles. The van der Waals surface area contributed by atoms with Crippen LogP contribution >= 0.6 is 23.2 Å². The van der Waals surface area contributed by atoms with Gasteiger partial charge in [0.1, 0.15) is 11.5 Å². The van der Waals surface area contributed by atoms with Gasteiger partial charge in [-0.3, -0.25) is 4.79 Å². The van der Waals surface area contributed by atoms with E-state index in [1.54, 1.807) is 42.5 Å². The smallest absolute Gasteiger partial charge is 0.271 e. The number of nitrogens with zero attached hydrogens (tertiary/aromatic N) is 1. The van der Waals surface area contributed by atoms with Crippen LogP contribution in [0.4, 0.5) is 0 Å². The van der Waals surface area contributed by atoms with Crippen LogP contribution in [0.25, 0.3) is 11.3 Å². The molecule has 0 radical (unpaired) electrons. The summed E-state index contributed by atoms with van der Waals surface area (Å²) in [6.07, 6.45) is 1.33. The molecule has 0 atom stereocenters. The van der Waals surface area contributed by atoms with Crippen molar-refractivity contribution in [1.29, 1.82) is 0 Å². The van der Waals surface area contributed by atoms with E-state index in [0.717, 1.165) is 0 Å². The average molecular weight is 402 g/mol. The number of rotatable bonds is 5. The molecule has 0 saturated carbocycles. The largest absolute Gasteiger partial charge is 0.545 e. The summed E-state index contributed by atoms with van der Waals surface area (Å²) in [7, 11) is 0. The minimum Gasteiger partial charge on any atom is -0.545 e. The summed E-state index contributed by atoms with van der Waals surface area (Å²) in [4.78, 5) is 23.0. The molecule has 1 amide bonds. The highest BCUT2D eigenvalue weighted by molar-refractivity contribution is 6.33. The van der Waals surface area contributed by atoms with Crippen molar-refractivity contribution in [2.45, 2.75) is 0 Å². The standard InChI is InChI=1S/C19H12Cl2N2O4/c20-13-4-1-11(2-5-13)18(24)23-22-10-14-6-8-17(27-14)12-3-7-16(21)15(9-12)19(25)26/h1-10H,(H,23,24)(H,25,26)/p-1/b22-10-. The van der Waals surface area contributed by atoms with Gasteiger partial charge < -0.3 is 14.3 Å². The van der Waals surface area contributed by atoms with Gasteiger partial charge in [-0.25, -0.2) is 5.43 Å². The summed E-state index contributed by atoms with van der Waals surface area (Å²) in [5.41, 5.74) is 3.17. The number of halogens is 2. The predicted molar refractivity (Wildman–Crippen MR) is 100.0 cm³/mol. The third-order valence-electron chi connectivity index (χ3n) is 3.56. The van der Waals surface area contributed by atoms with Gasteiger partial charge in [-0.2, -0.15) is 5.10 Å². The van der Waals surface area contributed by atoms with Crippen LogP contribution in [0.3, 0.4) is 0 Å². The van der Waals surface area contributed by atoms with Crippen LogP contribution < -0.4 is 10.5 Å². The molecule has 0 aliphatic heterocycles. The molecule has 0 unspecified atom stereocenters. The summed E-state index contributed by atoms with van der Waals surface area (Å²) < 4.78 is 5.57. The van der Waals surface area contributed by atoms with E-state index >= 15 is 0 Å². The van der Waals surface area contributed by atoms with Crippen LogP contribution in [-0.2, 0) is 0 Å². The minimum absolute atomic E-state index is 0.0806. The topological polar surface area (TPSA) is 94.7 Å². The third-order valence-corrected chi connectivity index (χ3v) is 4.14. The summed E-state index contributed by atoms with van der Waals surface area (Å²) in [5.74, 6) is -0.989. The van der Waals surface area contributed by atoms with Gasteiger partial charge in [-0.15, -0.1) is 0 Å². The van der Waals surface area contributed by atoms with Crippen molar-refractivity contribution in [2.24, 2.45) is 5.10 Å². The number of hydrogen-bond acceptors (Lipinski definition) is 5. The first-order valence-corrected chi connectivity index (χ1v) is 8.40. The first kappa shape index (κ1) is 18.7. The number of aromatic carboxylic acids is 1. The molecule has 0 fully saturated rings. The molecule has 136 valence electrons. The van der Waals surface area contributed by atoms with Gasteiger partial charge in [0.05, 0.1) is 12.2 Å². The third kappa shape index (κ3) is 4.55. The van der Waals surface area contributed by atoms with Gasteiger partial charge >= 0.3 is 0 Å². The second-order valence-corrected chi connectivity index (χ2v) is 6.23. The van der Waals surface area contributed by atoms with Crippen molar-refractivity contribution in [1.82, 2.24) is 5.43 Å². The zero-order chi connectivity index (χ0) is 19.4. The quantitative estimate of drug-likeness (QED) is 0.523. The Labute approximate surface area is 164 Å². The van der Waals surface area contributed by atoms with E-state index in [1.807, 2.05) is 0 Å². The number of nitrogens with one attached hydrogen (secondary N) is 1. The first-order valence-electron chi connectivity index (χ1n) is 7.64. The maximum absolute atomic E-state index is 11.9. The van der Waals surface area contributed by atoms with E-state index < -0.39 is 11.9 Å². The molecule has 0 aliphatic rings. The van der Waals surface area contributed by atoms with Gasteiger partial charge in [0, 0.05) is 26.7 Å². The highest BCUT2D eigenvalue weighted by atomic mass is 35.5. The lowest BCUT2D eigenvalue weighted by atomic mass is 10.1. The van der Waals surface area contributed by atoms with Crippen LogP contribution in [0.2, 0.25) is 10.0 Å². The molecule has 0 spiro atoms. The maximum Gasteiger partial charge on any atom is 0.271 e. The molecule has 27 heavy (non-hydrogen) atoms.